The molecule has 0 spiro atoms. The Labute approximate surface area is 137 Å². The fourth-order valence-electron chi connectivity index (χ4n) is 3.24. The summed E-state index contributed by atoms with van der Waals surface area (Å²) in [5.41, 5.74) is 2.97. The molecular weight excluding hydrogens is 288 g/mol. The van der Waals surface area contributed by atoms with Crippen LogP contribution in [-0.4, -0.2) is 33.4 Å². The van der Waals surface area contributed by atoms with E-state index in [9.17, 15) is 4.79 Å². The first-order chi connectivity index (χ1) is 11.2. The lowest BCUT2D eigenvalue weighted by atomic mass is 10.2. The van der Waals surface area contributed by atoms with Gasteiger partial charge in [-0.1, -0.05) is 13.8 Å². The maximum Gasteiger partial charge on any atom is 0.224 e. The van der Waals surface area contributed by atoms with E-state index in [0.29, 0.717) is 6.42 Å². The van der Waals surface area contributed by atoms with Crippen molar-refractivity contribution in [1.82, 2.24) is 14.5 Å². The molecule has 0 atom stereocenters. The summed E-state index contributed by atoms with van der Waals surface area (Å²) in [5, 5.41) is 2.92. The third kappa shape index (κ3) is 3.55. The van der Waals surface area contributed by atoms with Gasteiger partial charge in [0.25, 0.3) is 0 Å². The van der Waals surface area contributed by atoms with Crippen LogP contribution < -0.4 is 5.32 Å². The summed E-state index contributed by atoms with van der Waals surface area (Å²) >= 11 is 0. The van der Waals surface area contributed by atoms with Crippen LogP contribution >= 0.6 is 0 Å². The minimum atomic E-state index is 0.0367. The van der Waals surface area contributed by atoms with Crippen molar-refractivity contribution in [2.45, 2.75) is 52.6 Å². The number of likely N-dealkylation sites (tertiary alicyclic amines) is 1. The number of imidazole rings is 1. The van der Waals surface area contributed by atoms with E-state index in [1.807, 2.05) is 19.1 Å². The predicted molar refractivity (Wildman–Crippen MR) is 93.5 cm³/mol. The Morgan fingerprint density at radius 1 is 1.26 bits per heavy atom. The number of hydrogen-bond acceptors (Lipinski definition) is 3. The van der Waals surface area contributed by atoms with E-state index >= 15 is 0 Å². The molecule has 2 aromatic rings. The second-order valence-corrected chi connectivity index (χ2v) is 6.27. The summed E-state index contributed by atoms with van der Waals surface area (Å²) < 4.78 is 2.33. The smallest absolute Gasteiger partial charge is 0.224 e. The molecule has 0 bridgehead atoms. The van der Waals surface area contributed by atoms with Gasteiger partial charge in [-0.25, -0.2) is 4.98 Å². The van der Waals surface area contributed by atoms with Crippen molar-refractivity contribution in [3.05, 3.63) is 24.0 Å². The van der Waals surface area contributed by atoms with E-state index in [2.05, 4.69) is 27.8 Å². The first kappa shape index (κ1) is 16.0. The van der Waals surface area contributed by atoms with Gasteiger partial charge in [0.2, 0.25) is 5.91 Å². The zero-order valence-electron chi connectivity index (χ0n) is 14.1. The molecule has 5 heteroatoms. The average Bonchev–Trinajstić information content (AvgIpc) is 3.16. The number of fused-ring (bicyclic) bond motifs is 1. The maximum atomic E-state index is 11.6. The Kier molecular flexibility index (Phi) is 4.96. The van der Waals surface area contributed by atoms with Crippen LogP contribution in [0.1, 0.15) is 45.4 Å². The van der Waals surface area contributed by atoms with Crippen molar-refractivity contribution in [2.24, 2.45) is 0 Å². The Bertz CT molecular complexity index is 686. The van der Waals surface area contributed by atoms with Gasteiger partial charge in [0, 0.05) is 18.7 Å². The fraction of sp³-hybridized carbons (Fsp3) is 0.556. The minimum absolute atomic E-state index is 0.0367. The molecule has 124 valence electrons. The van der Waals surface area contributed by atoms with Gasteiger partial charge in [0.1, 0.15) is 5.82 Å². The predicted octanol–water partition coefficient (Wildman–Crippen LogP) is 3.39. The van der Waals surface area contributed by atoms with Gasteiger partial charge < -0.3 is 9.88 Å². The van der Waals surface area contributed by atoms with Crippen LogP contribution in [0.15, 0.2) is 18.2 Å². The van der Waals surface area contributed by atoms with Crippen LogP contribution in [0.3, 0.4) is 0 Å². The van der Waals surface area contributed by atoms with Gasteiger partial charge >= 0.3 is 0 Å². The molecule has 1 aliphatic rings. The number of carbonyl (C=O) groups is 1. The lowest BCUT2D eigenvalue weighted by Crippen LogP contribution is -2.21. The van der Waals surface area contributed by atoms with Crippen LogP contribution in [0, 0.1) is 0 Å². The number of nitrogens with zero attached hydrogens (tertiary/aromatic N) is 3. The van der Waals surface area contributed by atoms with Gasteiger partial charge in [-0.3, -0.25) is 9.69 Å². The van der Waals surface area contributed by atoms with E-state index < -0.39 is 0 Å². The van der Waals surface area contributed by atoms with Gasteiger partial charge in [-0.15, -0.1) is 0 Å². The summed E-state index contributed by atoms with van der Waals surface area (Å²) in [7, 11) is 0. The SMILES string of the molecule is CCCn1c(CN2CCCC2)nc2cc(NC(=O)CC)ccc21. The van der Waals surface area contributed by atoms with E-state index in [1.165, 1.54) is 25.9 Å². The van der Waals surface area contributed by atoms with Gasteiger partial charge in [-0.05, 0) is 50.6 Å². The fourth-order valence-corrected chi connectivity index (χ4v) is 3.24. The van der Waals surface area contributed by atoms with Crippen LogP contribution in [0.2, 0.25) is 0 Å². The molecule has 1 amide bonds. The molecular formula is C18H26N4O. The highest BCUT2D eigenvalue weighted by Crippen LogP contribution is 2.23. The van der Waals surface area contributed by atoms with Crippen molar-refractivity contribution in [1.29, 1.82) is 0 Å². The first-order valence-corrected chi connectivity index (χ1v) is 8.72. The van der Waals surface area contributed by atoms with E-state index in [1.54, 1.807) is 0 Å². The summed E-state index contributed by atoms with van der Waals surface area (Å²) in [6.07, 6.45) is 4.16. The second kappa shape index (κ2) is 7.13. The summed E-state index contributed by atoms with van der Waals surface area (Å²) in [5.74, 6) is 1.18. The lowest BCUT2D eigenvalue weighted by molar-refractivity contribution is -0.115. The number of aromatic nitrogens is 2. The summed E-state index contributed by atoms with van der Waals surface area (Å²) in [6.45, 7) is 8.31. The number of benzene rings is 1. The molecule has 0 aliphatic carbocycles. The van der Waals surface area contributed by atoms with Crippen molar-refractivity contribution >= 4 is 22.6 Å². The number of nitrogens with one attached hydrogen (secondary N) is 1. The van der Waals surface area contributed by atoms with Crippen molar-refractivity contribution in [3.8, 4) is 0 Å². The van der Waals surface area contributed by atoms with E-state index in [-0.39, 0.29) is 5.91 Å². The monoisotopic (exact) mass is 314 g/mol. The number of amides is 1. The van der Waals surface area contributed by atoms with Crippen LogP contribution in [-0.2, 0) is 17.9 Å². The quantitative estimate of drug-likeness (QED) is 0.889. The molecule has 1 fully saturated rings. The standard InChI is InChI=1S/C18H26N4O/c1-3-9-22-16-8-7-14(19-18(23)4-2)12-15(16)20-17(22)13-21-10-5-6-11-21/h7-8,12H,3-6,9-11,13H2,1-2H3,(H,19,23). The Morgan fingerprint density at radius 3 is 2.74 bits per heavy atom. The average molecular weight is 314 g/mol. The van der Waals surface area contributed by atoms with Crippen LogP contribution in [0.5, 0.6) is 0 Å². The van der Waals surface area contributed by atoms with Crippen molar-refractivity contribution < 1.29 is 4.79 Å². The highest BCUT2D eigenvalue weighted by atomic mass is 16.1. The maximum absolute atomic E-state index is 11.6. The summed E-state index contributed by atoms with van der Waals surface area (Å²) in [6, 6.07) is 6.04. The Hall–Kier alpha value is -1.88. The van der Waals surface area contributed by atoms with Crippen LogP contribution in [0.4, 0.5) is 5.69 Å². The van der Waals surface area contributed by atoms with Crippen molar-refractivity contribution in [2.75, 3.05) is 18.4 Å². The number of carbonyl (C=O) groups excluding carboxylic acids is 1. The van der Waals surface area contributed by atoms with Gasteiger partial charge in [-0.2, -0.15) is 0 Å². The van der Waals surface area contributed by atoms with Gasteiger partial charge in [0.05, 0.1) is 17.6 Å². The number of rotatable bonds is 6. The van der Waals surface area contributed by atoms with Crippen molar-refractivity contribution in [3.63, 3.8) is 0 Å². The first-order valence-electron chi connectivity index (χ1n) is 8.72. The third-order valence-electron chi connectivity index (χ3n) is 4.44. The Balaban J connectivity index is 1.91. The van der Waals surface area contributed by atoms with Gasteiger partial charge in [0.15, 0.2) is 0 Å². The molecule has 2 heterocycles. The molecule has 5 nitrogen and oxygen atoms in total. The molecule has 1 N–H and O–H groups in total. The highest BCUT2D eigenvalue weighted by molar-refractivity contribution is 5.92. The third-order valence-corrected chi connectivity index (χ3v) is 4.44. The zero-order valence-corrected chi connectivity index (χ0v) is 14.1. The minimum Gasteiger partial charge on any atom is -0.327 e. The molecule has 0 radical (unpaired) electrons. The number of hydrogen-bond donors (Lipinski definition) is 1. The molecule has 23 heavy (non-hydrogen) atoms. The molecule has 1 aromatic heterocycles. The molecule has 1 aromatic carbocycles. The highest BCUT2D eigenvalue weighted by Gasteiger charge is 2.17. The molecule has 1 aliphatic heterocycles. The second-order valence-electron chi connectivity index (χ2n) is 6.27. The van der Waals surface area contributed by atoms with E-state index in [4.69, 9.17) is 4.98 Å². The molecule has 3 rings (SSSR count). The molecule has 0 unspecified atom stereocenters. The summed E-state index contributed by atoms with van der Waals surface area (Å²) in [4.78, 5) is 18.9. The zero-order chi connectivity index (χ0) is 16.2. The largest absolute Gasteiger partial charge is 0.327 e. The molecule has 0 saturated carbocycles. The molecule has 1 saturated heterocycles. The normalized spacial score (nSPS) is 15.4. The number of aryl methyl sites for hydroxylation is 1. The lowest BCUT2D eigenvalue weighted by Gasteiger charge is -2.15. The van der Waals surface area contributed by atoms with E-state index in [0.717, 1.165) is 42.1 Å². The number of anilines is 1. The topological polar surface area (TPSA) is 50.2 Å². The van der Waals surface area contributed by atoms with Crippen LogP contribution in [0.25, 0.3) is 11.0 Å². The Morgan fingerprint density at radius 2 is 2.04 bits per heavy atom.